The van der Waals surface area contributed by atoms with Gasteiger partial charge in [-0.2, -0.15) is 0 Å². The number of halogens is 1. The minimum absolute atomic E-state index is 0.0602. The molecule has 0 spiro atoms. The molecule has 0 atom stereocenters. The van der Waals surface area contributed by atoms with Gasteiger partial charge in [-0.3, -0.25) is 10.1 Å². The smallest absolute Gasteiger partial charge is 0.273 e. The SMILES string of the molecule is Nc1ccc(F)cc1SCc1ccccc1[N+](=O)[O-]. The van der Waals surface area contributed by atoms with E-state index in [-0.39, 0.29) is 11.5 Å². The number of benzene rings is 2. The zero-order valence-corrected chi connectivity index (χ0v) is 10.7. The molecule has 0 aliphatic carbocycles. The zero-order chi connectivity index (χ0) is 13.8. The Kier molecular flexibility index (Phi) is 4.01. The highest BCUT2D eigenvalue weighted by molar-refractivity contribution is 7.98. The van der Waals surface area contributed by atoms with E-state index in [4.69, 9.17) is 5.73 Å². The van der Waals surface area contributed by atoms with Crippen LogP contribution in [0.3, 0.4) is 0 Å². The van der Waals surface area contributed by atoms with Gasteiger partial charge in [0.2, 0.25) is 0 Å². The summed E-state index contributed by atoms with van der Waals surface area (Å²) < 4.78 is 13.1. The summed E-state index contributed by atoms with van der Waals surface area (Å²) in [5, 5.41) is 10.9. The average Bonchev–Trinajstić information content (AvgIpc) is 2.40. The Hall–Kier alpha value is -2.08. The number of hydrogen-bond donors (Lipinski definition) is 1. The molecule has 0 amide bonds. The molecule has 19 heavy (non-hydrogen) atoms. The third kappa shape index (κ3) is 3.23. The number of hydrogen-bond acceptors (Lipinski definition) is 4. The van der Waals surface area contributed by atoms with Crippen LogP contribution in [0.5, 0.6) is 0 Å². The van der Waals surface area contributed by atoms with E-state index in [0.717, 1.165) is 0 Å². The highest BCUT2D eigenvalue weighted by atomic mass is 32.2. The first-order chi connectivity index (χ1) is 9.08. The third-order valence-corrected chi connectivity index (χ3v) is 3.67. The Bertz CT molecular complexity index is 619. The maximum Gasteiger partial charge on any atom is 0.273 e. The van der Waals surface area contributed by atoms with E-state index in [9.17, 15) is 14.5 Å². The number of nitrogens with two attached hydrogens (primary N) is 1. The van der Waals surface area contributed by atoms with Crippen LogP contribution in [0, 0.1) is 15.9 Å². The van der Waals surface area contributed by atoms with Gasteiger partial charge in [0.25, 0.3) is 5.69 Å². The number of anilines is 1. The van der Waals surface area contributed by atoms with Gasteiger partial charge in [-0.1, -0.05) is 18.2 Å². The Morgan fingerprint density at radius 3 is 2.74 bits per heavy atom. The molecule has 0 saturated heterocycles. The second-order valence-corrected chi connectivity index (χ2v) is 4.87. The van der Waals surface area contributed by atoms with Crippen molar-refractivity contribution >= 4 is 23.1 Å². The fraction of sp³-hybridized carbons (Fsp3) is 0.0769. The lowest BCUT2D eigenvalue weighted by atomic mass is 10.2. The summed E-state index contributed by atoms with van der Waals surface area (Å²) in [5.74, 6) is -0.00980. The lowest BCUT2D eigenvalue weighted by Gasteiger charge is -2.06. The zero-order valence-electron chi connectivity index (χ0n) is 9.88. The van der Waals surface area contributed by atoms with Crippen molar-refractivity contribution in [1.29, 1.82) is 0 Å². The molecule has 4 nitrogen and oxygen atoms in total. The van der Waals surface area contributed by atoms with E-state index in [1.165, 1.54) is 36.0 Å². The molecule has 0 aliphatic heterocycles. The largest absolute Gasteiger partial charge is 0.398 e. The van der Waals surface area contributed by atoms with Crippen molar-refractivity contribution in [3.8, 4) is 0 Å². The predicted octanol–water partition coefficient (Wildman–Crippen LogP) is 3.61. The van der Waals surface area contributed by atoms with E-state index in [1.807, 2.05) is 0 Å². The van der Waals surface area contributed by atoms with Crippen LogP contribution >= 0.6 is 11.8 Å². The summed E-state index contributed by atoms with van der Waals surface area (Å²) in [5.41, 5.74) is 6.84. The van der Waals surface area contributed by atoms with Crippen LogP contribution in [0.2, 0.25) is 0 Å². The summed E-state index contributed by atoms with van der Waals surface area (Å²) in [6, 6.07) is 10.6. The number of thioether (sulfide) groups is 1. The molecule has 2 N–H and O–H groups in total. The fourth-order valence-corrected chi connectivity index (χ4v) is 2.59. The van der Waals surface area contributed by atoms with Crippen LogP contribution in [0.1, 0.15) is 5.56 Å². The quantitative estimate of drug-likeness (QED) is 0.401. The summed E-state index contributed by atoms with van der Waals surface area (Å²) >= 11 is 1.28. The molecular weight excluding hydrogens is 267 g/mol. The first-order valence-corrected chi connectivity index (χ1v) is 6.46. The number of nitro benzene ring substituents is 1. The molecule has 0 aliphatic rings. The molecule has 0 heterocycles. The molecule has 2 aromatic rings. The number of nitro groups is 1. The van der Waals surface area contributed by atoms with Crippen molar-refractivity contribution in [3.63, 3.8) is 0 Å². The number of para-hydroxylation sites is 1. The molecule has 0 radical (unpaired) electrons. The Morgan fingerprint density at radius 2 is 2.00 bits per heavy atom. The predicted molar refractivity (Wildman–Crippen MR) is 73.5 cm³/mol. The normalized spacial score (nSPS) is 10.4. The van der Waals surface area contributed by atoms with Gasteiger partial charge in [0.05, 0.1) is 4.92 Å². The molecule has 0 fully saturated rings. The topological polar surface area (TPSA) is 69.2 Å². The van der Waals surface area contributed by atoms with E-state index in [2.05, 4.69) is 0 Å². The minimum Gasteiger partial charge on any atom is -0.398 e. The van der Waals surface area contributed by atoms with Gasteiger partial charge in [-0.25, -0.2) is 4.39 Å². The molecule has 0 saturated carbocycles. The highest BCUT2D eigenvalue weighted by Gasteiger charge is 2.13. The molecule has 0 unspecified atom stereocenters. The standard InChI is InChI=1S/C13H11FN2O2S/c14-10-5-6-11(15)13(7-10)19-8-9-3-1-2-4-12(9)16(17)18/h1-7H,8,15H2. The fourth-order valence-electron chi connectivity index (χ4n) is 1.60. The Labute approximate surface area is 113 Å². The van der Waals surface area contributed by atoms with Crippen LogP contribution in [0.4, 0.5) is 15.8 Å². The molecule has 6 heteroatoms. The van der Waals surface area contributed by atoms with Crippen molar-refractivity contribution in [2.45, 2.75) is 10.6 Å². The van der Waals surface area contributed by atoms with E-state index >= 15 is 0 Å². The Balaban J connectivity index is 2.19. The second-order valence-electron chi connectivity index (χ2n) is 3.86. The van der Waals surface area contributed by atoms with Gasteiger partial charge >= 0.3 is 0 Å². The highest BCUT2D eigenvalue weighted by Crippen LogP contribution is 2.31. The monoisotopic (exact) mass is 278 g/mol. The maximum atomic E-state index is 13.1. The van der Waals surface area contributed by atoms with Crippen LogP contribution in [0.25, 0.3) is 0 Å². The van der Waals surface area contributed by atoms with Crippen molar-refractivity contribution in [2.24, 2.45) is 0 Å². The lowest BCUT2D eigenvalue weighted by Crippen LogP contribution is -1.94. The van der Waals surface area contributed by atoms with Gasteiger partial charge in [-0.05, 0) is 18.2 Å². The van der Waals surface area contributed by atoms with Crippen molar-refractivity contribution in [3.05, 3.63) is 64.0 Å². The van der Waals surface area contributed by atoms with Gasteiger partial charge < -0.3 is 5.73 Å². The van der Waals surface area contributed by atoms with Crippen LogP contribution in [-0.2, 0) is 5.75 Å². The molecule has 2 rings (SSSR count). The number of rotatable bonds is 4. The van der Waals surface area contributed by atoms with E-state index in [1.54, 1.807) is 18.2 Å². The Morgan fingerprint density at radius 1 is 1.26 bits per heavy atom. The molecule has 0 bridgehead atoms. The summed E-state index contributed by atoms with van der Waals surface area (Å²) in [6.45, 7) is 0. The van der Waals surface area contributed by atoms with E-state index < -0.39 is 4.92 Å². The van der Waals surface area contributed by atoms with Gasteiger partial charge in [-0.15, -0.1) is 11.8 Å². The molecule has 2 aromatic carbocycles. The van der Waals surface area contributed by atoms with Crippen LogP contribution in [-0.4, -0.2) is 4.92 Å². The van der Waals surface area contributed by atoms with Crippen LogP contribution in [0.15, 0.2) is 47.4 Å². The molecular formula is C13H11FN2O2S. The molecule has 0 aromatic heterocycles. The summed E-state index contributed by atoms with van der Waals surface area (Å²) in [6.07, 6.45) is 0. The first-order valence-electron chi connectivity index (χ1n) is 5.48. The minimum atomic E-state index is -0.426. The van der Waals surface area contributed by atoms with E-state index in [0.29, 0.717) is 21.9 Å². The van der Waals surface area contributed by atoms with Gasteiger partial charge in [0, 0.05) is 28.0 Å². The van der Waals surface area contributed by atoms with Gasteiger partial charge in [0.15, 0.2) is 0 Å². The van der Waals surface area contributed by atoms with Crippen molar-refractivity contribution in [2.75, 3.05) is 5.73 Å². The summed E-state index contributed by atoms with van der Waals surface area (Å²) in [7, 11) is 0. The van der Waals surface area contributed by atoms with Gasteiger partial charge in [0.1, 0.15) is 5.82 Å². The van der Waals surface area contributed by atoms with Crippen LogP contribution < -0.4 is 5.73 Å². The number of nitrogen functional groups attached to an aromatic ring is 1. The first kappa shape index (κ1) is 13.4. The third-order valence-electron chi connectivity index (χ3n) is 2.55. The summed E-state index contributed by atoms with van der Waals surface area (Å²) in [4.78, 5) is 11.0. The number of nitrogens with zero attached hydrogens (tertiary/aromatic N) is 1. The maximum absolute atomic E-state index is 13.1. The average molecular weight is 278 g/mol. The lowest BCUT2D eigenvalue weighted by molar-refractivity contribution is -0.385. The van der Waals surface area contributed by atoms with Crippen molar-refractivity contribution < 1.29 is 9.31 Å². The molecule has 98 valence electrons. The van der Waals surface area contributed by atoms with Crippen molar-refractivity contribution in [1.82, 2.24) is 0 Å². The second kappa shape index (κ2) is 5.71.